The zero-order chi connectivity index (χ0) is 13.8. The van der Waals surface area contributed by atoms with Crippen molar-refractivity contribution in [2.75, 3.05) is 13.1 Å². The van der Waals surface area contributed by atoms with Crippen LogP contribution in [0, 0.1) is 5.82 Å². The number of hydrogen-bond donors (Lipinski definition) is 1. The summed E-state index contributed by atoms with van der Waals surface area (Å²) in [5.74, 6) is -0.0975. The predicted octanol–water partition coefficient (Wildman–Crippen LogP) is 1.54. The molecule has 19 heavy (non-hydrogen) atoms. The van der Waals surface area contributed by atoms with E-state index in [9.17, 15) is 9.18 Å². The molecule has 0 saturated carbocycles. The number of rotatable bonds is 4. The summed E-state index contributed by atoms with van der Waals surface area (Å²) in [5, 5.41) is 0. The number of hydrogen-bond acceptors (Lipinski definition) is 3. The monoisotopic (exact) mass is 266 g/mol. The number of amides is 1. The number of halogens is 1. The second-order valence-corrected chi connectivity index (χ2v) is 4.78. The van der Waals surface area contributed by atoms with Gasteiger partial charge in [0, 0.05) is 25.2 Å². The van der Waals surface area contributed by atoms with Crippen molar-refractivity contribution in [2.24, 2.45) is 5.73 Å². The molecular formula is C14H19FN2O2. The lowest BCUT2D eigenvalue weighted by atomic mass is 10.2. The summed E-state index contributed by atoms with van der Waals surface area (Å²) in [4.78, 5) is 14.0. The Morgan fingerprint density at radius 2 is 2.42 bits per heavy atom. The quantitative estimate of drug-likeness (QED) is 0.899. The van der Waals surface area contributed by atoms with Crippen LogP contribution in [-0.4, -0.2) is 36.0 Å². The number of benzene rings is 1. The predicted molar refractivity (Wildman–Crippen MR) is 70.3 cm³/mol. The van der Waals surface area contributed by atoms with Gasteiger partial charge in [0.1, 0.15) is 11.6 Å². The summed E-state index contributed by atoms with van der Waals surface area (Å²) in [6, 6.07) is 5.90. The first-order chi connectivity index (χ1) is 9.11. The molecule has 0 aromatic heterocycles. The second-order valence-electron chi connectivity index (χ2n) is 4.78. The van der Waals surface area contributed by atoms with E-state index in [1.807, 2.05) is 0 Å². The average Bonchev–Trinajstić information content (AvgIpc) is 2.86. The van der Waals surface area contributed by atoms with E-state index in [1.54, 1.807) is 24.0 Å². The minimum absolute atomic E-state index is 0.0859. The summed E-state index contributed by atoms with van der Waals surface area (Å²) in [6.07, 6.45) is 1.28. The molecule has 2 rings (SSSR count). The number of nitrogens with zero attached hydrogens (tertiary/aromatic N) is 1. The maximum Gasteiger partial charge on any atom is 0.263 e. The van der Waals surface area contributed by atoms with E-state index in [-0.39, 0.29) is 17.8 Å². The molecule has 2 atom stereocenters. The fraction of sp³-hybridized carbons (Fsp3) is 0.500. The second kappa shape index (κ2) is 6.02. The molecule has 0 bridgehead atoms. The highest BCUT2D eigenvalue weighted by Crippen LogP contribution is 2.20. The lowest BCUT2D eigenvalue weighted by molar-refractivity contribution is -0.138. The Bertz CT molecular complexity index is 453. The maximum atomic E-state index is 13.0. The molecule has 5 heteroatoms. The Morgan fingerprint density at radius 1 is 1.63 bits per heavy atom. The van der Waals surface area contributed by atoms with Gasteiger partial charge in [0.25, 0.3) is 5.91 Å². The zero-order valence-corrected chi connectivity index (χ0v) is 11.0. The minimum atomic E-state index is -0.631. The Hall–Kier alpha value is -1.62. The first kappa shape index (κ1) is 13.8. The molecule has 2 N–H and O–H groups in total. The van der Waals surface area contributed by atoms with E-state index in [0.717, 1.165) is 19.4 Å². The van der Waals surface area contributed by atoms with Crippen LogP contribution in [0.25, 0.3) is 0 Å². The molecule has 0 radical (unpaired) electrons. The number of carbonyl (C=O) groups is 1. The average molecular weight is 266 g/mol. The van der Waals surface area contributed by atoms with Crippen molar-refractivity contribution in [3.05, 3.63) is 30.1 Å². The molecule has 0 spiro atoms. The lowest BCUT2D eigenvalue weighted by Crippen LogP contribution is -2.45. The molecule has 104 valence electrons. The van der Waals surface area contributed by atoms with Crippen molar-refractivity contribution in [1.29, 1.82) is 0 Å². The SMILES string of the molecule is C[C@@H](Oc1cccc(F)c1)C(=O)N1CCC[C@@H]1CN. The molecule has 0 aliphatic carbocycles. The summed E-state index contributed by atoms with van der Waals surface area (Å²) < 4.78 is 18.5. The van der Waals surface area contributed by atoms with Gasteiger partial charge in [0.05, 0.1) is 0 Å². The van der Waals surface area contributed by atoms with Gasteiger partial charge in [0.15, 0.2) is 6.10 Å². The Balaban J connectivity index is 1.99. The van der Waals surface area contributed by atoms with Crippen molar-refractivity contribution < 1.29 is 13.9 Å². The van der Waals surface area contributed by atoms with Crippen LogP contribution >= 0.6 is 0 Å². The highest BCUT2D eigenvalue weighted by molar-refractivity contribution is 5.81. The van der Waals surface area contributed by atoms with E-state index >= 15 is 0 Å². The van der Waals surface area contributed by atoms with Crippen molar-refractivity contribution >= 4 is 5.91 Å². The molecular weight excluding hydrogens is 247 g/mol. The summed E-state index contributed by atoms with van der Waals surface area (Å²) in [6.45, 7) is 2.87. The molecule has 0 unspecified atom stereocenters. The fourth-order valence-corrected chi connectivity index (χ4v) is 2.40. The maximum absolute atomic E-state index is 13.0. The van der Waals surface area contributed by atoms with Crippen LogP contribution in [0.3, 0.4) is 0 Å². The number of ether oxygens (including phenoxy) is 1. The Morgan fingerprint density at radius 3 is 3.11 bits per heavy atom. The molecule has 1 aromatic rings. The first-order valence-corrected chi connectivity index (χ1v) is 6.54. The molecule has 1 amide bonds. The van der Waals surface area contributed by atoms with E-state index in [2.05, 4.69) is 0 Å². The number of carbonyl (C=O) groups excluding carboxylic acids is 1. The van der Waals surface area contributed by atoms with E-state index in [4.69, 9.17) is 10.5 Å². The Kier molecular flexibility index (Phi) is 4.37. The van der Waals surface area contributed by atoms with Crippen molar-refractivity contribution in [3.8, 4) is 5.75 Å². The van der Waals surface area contributed by atoms with Crippen molar-refractivity contribution in [3.63, 3.8) is 0 Å². The third-order valence-corrected chi connectivity index (χ3v) is 3.39. The summed E-state index contributed by atoms with van der Waals surface area (Å²) >= 11 is 0. The topological polar surface area (TPSA) is 55.6 Å². The highest BCUT2D eigenvalue weighted by atomic mass is 19.1. The van der Waals surface area contributed by atoms with Gasteiger partial charge in [0.2, 0.25) is 0 Å². The Labute approximate surface area is 112 Å². The lowest BCUT2D eigenvalue weighted by Gasteiger charge is -2.26. The minimum Gasteiger partial charge on any atom is -0.481 e. The summed E-state index contributed by atoms with van der Waals surface area (Å²) in [7, 11) is 0. The van der Waals surface area contributed by atoms with Gasteiger partial charge >= 0.3 is 0 Å². The van der Waals surface area contributed by atoms with Gasteiger partial charge in [-0.3, -0.25) is 4.79 Å². The van der Waals surface area contributed by atoms with Crippen molar-refractivity contribution in [2.45, 2.75) is 31.9 Å². The van der Waals surface area contributed by atoms with Crippen LogP contribution in [0.15, 0.2) is 24.3 Å². The van der Waals surface area contributed by atoms with Gasteiger partial charge in [-0.05, 0) is 31.9 Å². The third-order valence-electron chi connectivity index (χ3n) is 3.39. The molecule has 1 saturated heterocycles. The zero-order valence-electron chi connectivity index (χ0n) is 11.0. The highest BCUT2D eigenvalue weighted by Gasteiger charge is 2.31. The summed E-state index contributed by atoms with van der Waals surface area (Å²) in [5.41, 5.74) is 5.65. The van der Waals surface area contributed by atoms with Gasteiger partial charge in [-0.1, -0.05) is 6.07 Å². The normalized spacial score (nSPS) is 20.4. The van der Waals surface area contributed by atoms with Crippen molar-refractivity contribution in [1.82, 2.24) is 4.90 Å². The van der Waals surface area contributed by atoms with E-state index < -0.39 is 6.10 Å². The number of nitrogens with two attached hydrogens (primary N) is 1. The van der Waals surface area contributed by atoms with E-state index in [0.29, 0.717) is 12.3 Å². The van der Waals surface area contributed by atoms with Crippen LogP contribution in [-0.2, 0) is 4.79 Å². The van der Waals surface area contributed by atoms with Gasteiger partial charge in [-0.15, -0.1) is 0 Å². The fourth-order valence-electron chi connectivity index (χ4n) is 2.40. The first-order valence-electron chi connectivity index (χ1n) is 6.54. The van der Waals surface area contributed by atoms with Gasteiger partial charge < -0.3 is 15.4 Å². The molecule has 1 fully saturated rings. The molecule has 4 nitrogen and oxygen atoms in total. The third kappa shape index (κ3) is 3.23. The van der Waals surface area contributed by atoms with Crippen LogP contribution in [0.5, 0.6) is 5.75 Å². The van der Waals surface area contributed by atoms with Crippen LogP contribution in [0.1, 0.15) is 19.8 Å². The smallest absolute Gasteiger partial charge is 0.263 e. The van der Waals surface area contributed by atoms with E-state index in [1.165, 1.54) is 12.1 Å². The van der Waals surface area contributed by atoms with Gasteiger partial charge in [-0.2, -0.15) is 0 Å². The standard InChI is InChI=1S/C14H19FN2O2/c1-10(19-13-6-2-4-11(15)8-13)14(18)17-7-3-5-12(17)9-16/h2,4,6,8,10,12H,3,5,7,9,16H2,1H3/t10-,12-/m1/s1. The van der Waals surface area contributed by atoms with Crippen LogP contribution < -0.4 is 10.5 Å². The van der Waals surface area contributed by atoms with Crippen LogP contribution in [0.2, 0.25) is 0 Å². The number of likely N-dealkylation sites (tertiary alicyclic amines) is 1. The largest absolute Gasteiger partial charge is 0.481 e. The van der Waals surface area contributed by atoms with Crippen LogP contribution in [0.4, 0.5) is 4.39 Å². The molecule has 1 heterocycles. The molecule has 1 aliphatic heterocycles. The molecule has 1 aliphatic rings. The molecule has 1 aromatic carbocycles. The van der Waals surface area contributed by atoms with Gasteiger partial charge in [-0.25, -0.2) is 4.39 Å².